The highest BCUT2D eigenvalue weighted by Crippen LogP contribution is 2.41. The van der Waals surface area contributed by atoms with Gasteiger partial charge in [0.2, 0.25) is 0 Å². The molecule has 0 radical (unpaired) electrons. The van der Waals surface area contributed by atoms with Crippen LogP contribution in [0, 0.1) is 12.3 Å². The van der Waals surface area contributed by atoms with Gasteiger partial charge < -0.3 is 18.9 Å². The summed E-state index contributed by atoms with van der Waals surface area (Å²) in [5.74, 6) is 4.30. The molecule has 0 bridgehead atoms. The first kappa shape index (κ1) is 18.4. The second kappa shape index (κ2) is 7.29. The molecule has 0 atom stereocenters. The minimum absolute atomic E-state index is 0.150. The van der Waals surface area contributed by atoms with Crippen LogP contribution in [0.3, 0.4) is 0 Å². The van der Waals surface area contributed by atoms with Crippen LogP contribution in [-0.4, -0.2) is 32.7 Å². The summed E-state index contributed by atoms with van der Waals surface area (Å²) < 4.78 is 22.1. The molecule has 1 aliphatic heterocycles. The molecular formula is C20H26O4. The lowest BCUT2D eigenvalue weighted by Crippen LogP contribution is -2.29. The quantitative estimate of drug-likeness (QED) is 0.433. The fourth-order valence-corrected chi connectivity index (χ4v) is 2.45. The predicted octanol–water partition coefficient (Wildman–Crippen LogP) is 3.78. The van der Waals surface area contributed by atoms with Gasteiger partial charge in [-0.1, -0.05) is 12.0 Å². The van der Waals surface area contributed by atoms with E-state index in [1.54, 1.807) is 7.11 Å². The smallest absolute Gasteiger partial charge is 0.189 e. The Balaban J connectivity index is 2.30. The molecule has 130 valence electrons. The van der Waals surface area contributed by atoms with E-state index in [9.17, 15) is 0 Å². The van der Waals surface area contributed by atoms with Crippen molar-refractivity contribution in [2.24, 2.45) is 0 Å². The summed E-state index contributed by atoms with van der Waals surface area (Å²) in [7, 11) is 1.63. The van der Waals surface area contributed by atoms with Crippen molar-refractivity contribution in [1.29, 1.82) is 0 Å². The first-order chi connectivity index (χ1) is 11.3. The zero-order valence-corrected chi connectivity index (χ0v) is 15.1. The zero-order valence-electron chi connectivity index (χ0n) is 15.1. The third kappa shape index (κ3) is 4.31. The van der Waals surface area contributed by atoms with Crippen LogP contribution in [0.2, 0.25) is 0 Å². The molecule has 2 rings (SSSR count). The van der Waals surface area contributed by atoms with E-state index in [1.807, 2.05) is 45.9 Å². The van der Waals surface area contributed by atoms with Crippen LogP contribution in [0.4, 0.5) is 0 Å². The Morgan fingerprint density at radius 2 is 2.00 bits per heavy atom. The van der Waals surface area contributed by atoms with Gasteiger partial charge in [-0.2, -0.15) is 0 Å². The van der Waals surface area contributed by atoms with Gasteiger partial charge in [0.05, 0.1) is 18.6 Å². The van der Waals surface area contributed by atoms with Gasteiger partial charge in [-0.25, -0.2) is 0 Å². The molecule has 0 N–H and O–H groups in total. The van der Waals surface area contributed by atoms with Crippen LogP contribution in [0.1, 0.15) is 38.8 Å². The van der Waals surface area contributed by atoms with Crippen molar-refractivity contribution in [2.45, 2.75) is 38.7 Å². The Hall–Kier alpha value is -1.96. The second-order valence-corrected chi connectivity index (χ2v) is 6.85. The minimum atomic E-state index is -0.435. The van der Waals surface area contributed by atoms with Crippen LogP contribution in [0.5, 0.6) is 11.5 Å². The SMILES string of the molecule is C#CC(C)(C)c1cc(OCOCCOC)cc2c1C=CC(C)(C)O2. The average Bonchev–Trinajstić information content (AvgIpc) is 2.52. The van der Waals surface area contributed by atoms with Gasteiger partial charge in [0, 0.05) is 18.7 Å². The van der Waals surface area contributed by atoms with Crippen molar-refractivity contribution in [3.63, 3.8) is 0 Å². The van der Waals surface area contributed by atoms with Crippen molar-refractivity contribution >= 4 is 6.08 Å². The standard InChI is InChI=1S/C20H26O4/c1-7-19(2,3)17-12-15(23-14-22-11-10-21-6)13-18-16(17)8-9-20(4,5)24-18/h1,8-9,12-13H,10-11,14H2,2-6H3. The molecule has 0 aromatic heterocycles. The molecule has 1 aromatic carbocycles. The number of rotatable bonds is 7. The first-order valence-corrected chi connectivity index (χ1v) is 8.03. The Bertz CT molecular complexity index is 650. The second-order valence-electron chi connectivity index (χ2n) is 6.85. The maximum Gasteiger partial charge on any atom is 0.189 e. The number of fused-ring (bicyclic) bond motifs is 1. The molecule has 0 aliphatic carbocycles. The maximum absolute atomic E-state index is 6.09. The lowest BCUT2D eigenvalue weighted by Gasteiger charge is -2.32. The van der Waals surface area contributed by atoms with E-state index in [2.05, 4.69) is 12.0 Å². The summed E-state index contributed by atoms with van der Waals surface area (Å²) in [5, 5.41) is 0. The van der Waals surface area contributed by atoms with E-state index < -0.39 is 5.41 Å². The van der Waals surface area contributed by atoms with E-state index in [1.165, 1.54) is 0 Å². The van der Waals surface area contributed by atoms with Crippen molar-refractivity contribution in [3.05, 3.63) is 29.3 Å². The summed E-state index contributed by atoms with van der Waals surface area (Å²) in [5.41, 5.74) is 1.21. The summed E-state index contributed by atoms with van der Waals surface area (Å²) >= 11 is 0. The maximum atomic E-state index is 6.09. The van der Waals surface area contributed by atoms with Gasteiger partial charge in [-0.15, -0.1) is 6.42 Å². The predicted molar refractivity (Wildman–Crippen MR) is 95.4 cm³/mol. The van der Waals surface area contributed by atoms with Crippen LogP contribution in [-0.2, 0) is 14.9 Å². The molecular weight excluding hydrogens is 304 g/mol. The number of hydrogen-bond donors (Lipinski definition) is 0. The fraction of sp³-hybridized carbons (Fsp3) is 0.500. The normalized spacial score (nSPS) is 15.3. The summed E-state index contributed by atoms with van der Waals surface area (Å²) in [6, 6.07) is 3.85. The topological polar surface area (TPSA) is 36.9 Å². The number of ether oxygens (including phenoxy) is 4. The highest BCUT2D eigenvalue weighted by atomic mass is 16.7. The van der Waals surface area contributed by atoms with E-state index in [-0.39, 0.29) is 12.4 Å². The van der Waals surface area contributed by atoms with Crippen LogP contribution in [0.25, 0.3) is 6.08 Å². The Morgan fingerprint density at radius 3 is 2.67 bits per heavy atom. The number of terminal acetylenes is 1. The van der Waals surface area contributed by atoms with Crippen LogP contribution in [0.15, 0.2) is 18.2 Å². The summed E-state index contributed by atoms with van der Waals surface area (Å²) in [4.78, 5) is 0. The monoisotopic (exact) mass is 330 g/mol. The van der Waals surface area contributed by atoms with Gasteiger partial charge >= 0.3 is 0 Å². The molecule has 0 unspecified atom stereocenters. The fourth-order valence-electron chi connectivity index (χ4n) is 2.45. The molecule has 0 amide bonds. The Morgan fingerprint density at radius 1 is 1.25 bits per heavy atom. The van der Waals surface area contributed by atoms with E-state index in [4.69, 9.17) is 25.4 Å². The molecule has 0 saturated carbocycles. The number of hydrogen-bond acceptors (Lipinski definition) is 4. The van der Waals surface area contributed by atoms with Gasteiger partial charge in [0.1, 0.15) is 17.1 Å². The van der Waals surface area contributed by atoms with Crippen LogP contribution < -0.4 is 9.47 Å². The van der Waals surface area contributed by atoms with Gasteiger partial charge in [-0.05, 0) is 45.4 Å². The lowest BCUT2D eigenvalue weighted by atomic mass is 9.81. The van der Waals surface area contributed by atoms with Gasteiger partial charge in [0.15, 0.2) is 6.79 Å². The highest BCUT2D eigenvalue weighted by molar-refractivity contribution is 5.68. The summed E-state index contributed by atoms with van der Waals surface area (Å²) in [6.45, 7) is 9.21. The lowest BCUT2D eigenvalue weighted by molar-refractivity contribution is -0.00868. The van der Waals surface area contributed by atoms with E-state index in [0.717, 1.165) is 16.9 Å². The minimum Gasteiger partial charge on any atom is -0.483 e. The zero-order chi connectivity index (χ0) is 17.8. The van der Waals surface area contributed by atoms with E-state index in [0.29, 0.717) is 19.0 Å². The molecule has 0 spiro atoms. The van der Waals surface area contributed by atoms with Gasteiger partial charge in [-0.3, -0.25) is 0 Å². The highest BCUT2D eigenvalue weighted by Gasteiger charge is 2.29. The molecule has 1 aliphatic rings. The van der Waals surface area contributed by atoms with Crippen molar-refractivity contribution in [3.8, 4) is 23.8 Å². The molecule has 24 heavy (non-hydrogen) atoms. The van der Waals surface area contributed by atoms with Crippen molar-refractivity contribution < 1.29 is 18.9 Å². The molecule has 0 fully saturated rings. The van der Waals surface area contributed by atoms with Crippen LogP contribution >= 0.6 is 0 Å². The van der Waals surface area contributed by atoms with E-state index >= 15 is 0 Å². The molecule has 4 nitrogen and oxygen atoms in total. The molecule has 4 heteroatoms. The molecule has 1 aromatic rings. The number of methoxy groups -OCH3 is 1. The first-order valence-electron chi connectivity index (χ1n) is 8.03. The molecule has 0 saturated heterocycles. The Labute approximate surface area is 144 Å². The average molecular weight is 330 g/mol. The molecule has 1 heterocycles. The van der Waals surface area contributed by atoms with Gasteiger partial charge in [0.25, 0.3) is 0 Å². The van der Waals surface area contributed by atoms with Crippen molar-refractivity contribution in [2.75, 3.05) is 27.1 Å². The third-order valence-corrected chi connectivity index (χ3v) is 3.91. The third-order valence-electron chi connectivity index (χ3n) is 3.91. The van der Waals surface area contributed by atoms with Crippen molar-refractivity contribution in [1.82, 2.24) is 0 Å². The number of benzene rings is 1. The largest absolute Gasteiger partial charge is 0.483 e. The summed E-state index contributed by atoms with van der Waals surface area (Å²) in [6.07, 6.45) is 9.85. The Kier molecular flexibility index (Phi) is 5.58.